The molecule has 3 N–H and O–H groups in total. The van der Waals surface area contributed by atoms with E-state index in [1.807, 2.05) is 24.3 Å². The third kappa shape index (κ3) is 5.79. The van der Waals surface area contributed by atoms with Crippen molar-refractivity contribution in [3.05, 3.63) is 60.4 Å². The van der Waals surface area contributed by atoms with Gasteiger partial charge in [-0.2, -0.15) is 0 Å². The molecule has 8 nitrogen and oxygen atoms in total. The number of amides is 2. The number of nitrogens with one attached hydrogen (secondary N) is 2. The molecule has 0 bridgehead atoms. The predicted octanol–water partition coefficient (Wildman–Crippen LogP) is 3.84. The van der Waals surface area contributed by atoms with Crippen LogP contribution in [0.1, 0.15) is 5.76 Å². The first-order valence-electron chi connectivity index (χ1n) is 8.96. The van der Waals surface area contributed by atoms with Crippen LogP contribution < -0.4 is 20.3 Å². The highest BCUT2D eigenvalue weighted by molar-refractivity contribution is 8.13. The second-order valence-corrected chi connectivity index (χ2v) is 7.02. The first-order valence-corrected chi connectivity index (χ1v) is 9.78. The minimum Gasteiger partial charge on any atom is -0.493 e. The van der Waals surface area contributed by atoms with Crippen molar-refractivity contribution in [2.75, 3.05) is 20.3 Å². The summed E-state index contributed by atoms with van der Waals surface area (Å²) in [6.07, 6.45) is 2.98. The second-order valence-electron chi connectivity index (χ2n) is 5.97. The molecule has 0 saturated carbocycles. The Hall–Kier alpha value is -3.43. The Morgan fingerprint density at radius 3 is 2.73 bits per heavy atom. The van der Waals surface area contributed by atoms with Gasteiger partial charge in [0.25, 0.3) is 0 Å². The van der Waals surface area contributed by atoms with E-state index in [1.54, 1.807) is 42.9 Å². The summed E-state index contributed by atoms with van der Waals surface area (Å²) >= 11 is 0.856. The van der Waals surface area contributed by atoms with Gasteiger partial charge in [0.15, 0.2) is 11.3 Å². The van der Waals surface area contributed by atoms with E-state index in [0.29, 0.717) is 34.3 Å². The van der Waals surface area contributed by atoms with E-state index in [1.165, 1.54) is 6.08 Å². The molecular weight excluding hydrogens is 408 g/mol. The van der Waals surface area contributed by atoms with Gasteiger partial charge in [0.1, 0.15) is 18.1 Å². The van der Waals surface area contributed by atoms with Crippen LogP contribution in [0, 0.1) is 0 Å². The lowest BCUT2D eigenvalue weighted by atomic mass is 10.2. The summed E-state index contributed by atoms with van der Waals surface area (Å²) in [7, 11) is 1.57. The van der Waals surface area contributed by atoms with Crippen molar-refractivity contribution in [3.8, 4) is 11.5 Å². The molecule has 0 spiro atoms. The molecule has 0 unspecified atom stereocenters. The van der Waals surface area contributed by atoms with Crippen LogP contribution in [0.25, 0.3) is 17.0 Å². The molecule has 0 aliphatic rings. The van der Waals surface area contributed by atoms with E-state index in [0.717, 1.165) is 17.1 Å². The van der Waals surface area contributed by atoms with Gasteiger partial charge in [-0.25, -0.2) is 5.48 Å². The van der Waals surface area contributed by atoms with Gasteiger partial charge in [0.05, 0.1) is 13.7 Å². The third-order valence-corrected chi connectivity index (χ3v) is 4.73. The Labute approximate surface area is 176 Å². The number of methoxy groups -OCH3 is 1. The summed E-state index contributed by atoms with van der Waals surface area (Å²) in [4.78, 5) is 23.7. The van der Waals surface area contributed by atoms with E-state index in [9.17, 15) is 9.59 Å². The van der Waals surface area contributed by atoms with E-state index in [-0.39, 0.29) is 12.5 Å². The van der Waals surface area contributed by atoms with Gasteiger partial charge in [-0.05, 0) is 54.2 Å². The van der Waals surface area contributed by atoms with Crippen LogP contribution >= 0.6 is 11.8 Å². The highest BCUT2D eigenvalue weighted by Gasteiger charge is 2.07. The number of hydrogen-bond donors (Lipinski definition) is 3. The van der Waals surface area contributed by atoms with Gasteiger partial charge in [0, 0.05) is 16.4 Å². The molecular formula is C21H20N2O6S. The Morgan fingerprint density at radius 1 is 1.20 bits per heavy atom. The molecule has 0 radical (unpaired) electrons. The molecule has 0 aliphatic carbocycles. The first-order chi connectivity index (χ1) is 14.6. The average molecular weight is 428 g/mol. The van der Waals surface area contributed by atoms with E-state index >= 15 is 0 Å². The van der Waals surface area contributed by atoms with Crippen molar-refractivity contribution in [1.82, 2.24) is 10.8 Å². The Balaban J connectivity index is 1.43. The van der Waals surface area contributed by atoms with Crippen LogP contribution in [0.4, 0.5) is 4.79 Å². The number of thioether (sulfide) groups is 1. The number of fused-ring (bicyclic) bond motifs is 1. The van der Waals surface area contributed by atoms with Gasteiger partial charge in [0.2, 0.25) is 5.91 Å². The molecule has 1 heterocycles. The van der Waals surface area contributed by atoms with Crippen LogP contribution in [-0.2, 0) is 4.79 Å². The molecule has 3 rings (SSSR count). The van der Waals surface area contributed by atoms with Crippen LogP contribution in [0.2, 0.25) is 0 Å². The summed E-state index contributed by atoms with van der Waals surface area (Å²) < 4.78 is 16.5. The molecule has 0 aliphatic heterocycles. The Bertz CT molecular complexity index is 1050. The highest BCUT2D eigenvalue weighted by atomic mass is 32.2. The number of furan rings is 1. The molecule has 30 heavy (non-hydrogen) atoms. The van der Waals surface area contributed by atoms with Crippen molar-refractivity contribution in [2.24, 2.45) is 0 Å². The zero-order valence-electron chi connectivity index (χ0n) is 16.1. The van der Waals surface area contributed by atoms with Crippen molar-refractivity contribution < 1.29 is 28.7 Å². The predicted molar refractivity (Wildman–Crippen MR) is 113 cm³/mol. The third-order valence-electron chi connectivity index (χ3n) is 3.94. The second kappa shape index (κ2) is 10.4. The van der Waals surface area contributed by atoms with Gasteiger partial charge < -0.3 is 19.2 Å². The highest BCUT2D eigenvalue weighted by Crippen LogP contribution is 2.28. The quantitative estimate of drug-likeness (QED) is 0.164. The minimum atomic E-state index is -0.568. The molecule has 1 aromatic heterocycles. The summed E-state index contributed by atoms with van der Waals surface area (Å²) in [6.45, 7) is 0.603. The lowest BCUT2D eigenvalue weighted by molar-refractivity contribution is -0.116. The average Bonchev–Trinajstić information content (AvgIpc) is 3.19. The molecule has 0 fully saturated rings. The monoisotopic (exact) mass is 428 g/mol. The number of hydroxylamine groups is 1. The van der Waals surface area contributed by atoms with E-state index in [2.05, 4.69) is 5.32 Å². The zero-order valence-corrected chi connectivity index (χ0v) is 16.9. The van der Waals surface area contributed by atoms with Gasteiger partial charge in [-0.15, -0.1) is 0 Å². The molecule has 2 amide bonds. The normalized spacial score (nSPS) is 10.9. The summed E-state index contributed by atoms with van der Waals surface area (Å²) in [6, 6.07) is 14.2. The maximum atomic E-state index is 12.0. The number of ether oxygens (including phenoxy) is 2. The summed E-state index contributed by atoms with van der Waals surface area (Å²) in [5, 5.41) is 11.5. The molecule has 0 saturated heterocycles. The standard InChI is InChI=1S/C21H20N2O6S/c1-27-18-4-2-3-14-13-16(29-20(14)18)7-10-19(24)22-11-12-28-15-5-8-17(9-6-15)30-21(25)23-26/h2-10,13,26H,11-12H2,1H3,(H,22,24)(H,23,25)/b10-7+. The molecule has 2 aromatic carbocycles. The molecule has 0 atom stereocenters. The first kappa shape index (κ1) is 21.3. The lowest BCUT2D eigenvalue weighted by Crippen LogP contribution is -2.26. The van der Waals surface area contributed by atoms with Crippen molar-refractivity contribution >= 4 is 40.0 Å². The zero-order chi connectivity index (χ0) is 21.3. The molecule has 9 heteroatoms. The number of benzene rings is 2. The Kier molecular flexibility index (Phi) is 7.36. The molecule has 3 aromatic rings. The van der Waals surface area contributed by atoms with E-state index in [4.69, 9.17) is 19.1 Å². The van der Waals surface area contributed by atoms with Crippen molar-refractivity contribution in [1.29, 1.82) is 0 Å². The van der Waals surface area contributed by atoms with Crippen molar-refractivity contribution in [3.63, 3.8) is 0 Å². The number of rotatable bonds is 8. The summed E-state index contributed by atoms with van der Waals surface area (Å²) in [5.74, 6) is 1.52. The fourth-order valence-electron chi connectivity index (χ4n) is 2.59. The number of para-hydroxylation sites is 1. The lowest BCUT2D eigenvalue weighted by Gasteiger charge is -2.07. The van der Waals surface area contributed by atoms with Crippen LogP contribution in [0.5, 0.6) is 11.5 Å². The van der Waals surface area contributed by atoms with Crippen LogP contribution in [0.15, 0.2) is 63.9 Å². The van der Waals surface area contributed by atoms with Gasteiger partial charge in [-0.3, -0.25) is 14.8 Å². The number of carbonyl (C=O) groups is 2. The van der Waals surface area contributed by atoms with Gasteiger partial charge >= 0.3 is 5.24 Å². The largest absolute Gasteiger partial charge is 0.493 e. The minimum absolute atomic E-state index is 0.271. The topological polar surface area (TPSA) is 110 Å². The summed E-state index contributed by atoms with van der Waals surface area (Å²) in [5.41, 5.74) is 2.18. The fourth-order valence-corrected chi connectivity index (χ4v) is 3.12. The smallest absolute Gasteiger partial charge is 0.307 e. The fraction of sp³-hybridized carbons (Fsp3) is 0.143. The maximum Gasteiger partial charge on any atom is 0.307 e. The van der Waals surface area contributed by atoms with Crippen LogP contribution in [0.3, 0.4) is 0 Å². The number of hydrogen-bond acceptors (Lipinski definition) is 7. The van der Waals surface area contributed by atoms with Crippen LogP contribution in [-0.4, -0.2) is 36.6 Å². The molecule has 156 valence electrons. The van der Waals surface area contributed by atoms with Gasteiger partial charge in [-0.1, -0.05) is 12.1 Å². The van der Waals surface area contributed by atoms with Crippen molar-refractivity contribution in [2.45, 2.75) is 4.90 Å². The van der Waals surface area contributed by atoms with E-state index < -0.39 is 5.24 Å². The Morgan fingerprint density at radius 2 is 2.00 bits per heavy atom. The maximum absolute atomic E-state index is 12.0. The number of carbonyl (C=O) groups excluding carboxylic acids is 2. The SMILES string of the molecule is COc1cccc2cc(/C=C/C(=O)NCCOc3ccc(SC(=O)NO)cc3)oc12.